The van der Waals surface area contributed by atoms with Crippen LogP contribution in [0.5, 0.6) is 0 Å². The normalized spacial score (nSPS) is 12.6. The van der Waals surface area contributed by atoms with Crippen molar-refractivity contribution in [3.8, 4) is 0 Å². The quantitative estimate of drug-likeness (QED) is 0.841. The van der Waals surface area contributed by atoms with Crippen LogP contribution in [0.2, 0.25) is 0 Å². The number of carbonyl (C=O) groups is 1. The minimum atomic E-state index is -0.332. The number of hydrogen-bond acceptors (Lipinski definition) is 3. The molecule has 0 aliphatic heterocycles. The summed E-state index contributed by atoms with van der Waals surface area (Å²) in [5.41, 5.74) is 8.14. The molecule has 4 nitrogen and oxygen atoms in total. The maximum absolute atomic E-state index is 11.4. The molecule has 1 aromatic heterocycles. The number of aromatic nitrogens is 1. The first kappa shape index (κ1) is 12.6. The number of benzene rings is 1. The number of fused-ring (bicyclic) bond motifs is 1. The third-order valence-electron chi connectivity index (χ3n) is 3.06. The summed E-state index contributed by atoms with van der Waals surface area (Å²) in [4.78, 5) is 11.4. The predicted molar refractivity (Wildman–Crippen MR) is 71.1 cm³/mol. The van der Waals surface area contributed by atoms with Gasteiger partial charge in [-0.1, -0.05) is 18.2 Å². The van der Waals surface area contributed by atoms with E-state index in [1.807, 2.05) is 41.9 Å². The Morgan fingerprint density at radius 1 is 1.44 bits per heavy atom. The summed E-state index contributed by atoms with van der Waals surface area (Å²) in [6.45, 7) is 2.18. The Bertz CT molecular complexity index is 560. The fourth-order valence-electron chi connectivity index (χ4n) is 2.17. The highest BCUT2D eigenvalue weighted by Gasteiger charge is 2.16. The molecule has 0 fully saturated rings. The van der Waals surface area contributed by atoms with Crippen LogP contribution in [0.1, 0.15) is 25.1 Å². The van der Waals surface area contributed by atoms with Crippen LogP contribution in [0.25, 0.3) is 10.9 Å². The molecule has 96 valence electrons. The highest BCUT2D eigenvalue weighted by Crippen LogP contribution is 2.23. The second-order valence-corrected chi connectivity index (χ2v) is 4.30. The van der Waals surface area contributed by atoms with Gasteiger partial charge in [-0.3, -0.25) is 4.79 Å². The Balaban J connectivity index is 2.25. The largest absolute Gasteiger partial charge is 0.466 e. The zero-order chi connectivity index (χ0) is 13.1. The van der Waals surface area contributed by atoms with Gasteiger partial charge >= 0.3 is 5.97 Å². The fourth-order valence-corrected chi connectivity index (χ4v) is 2.17. The van der Waals surface area contributed by atoms with Crippen molar-refractivity contribution in [3.05, 3.63) is 36.0 Å². The second kappa shape index (κ2) is 5.23. The SMILES string of the molecule is CCOC(=O)CC(N)c1cc2ccccc2n1C. The van der Waals surface area contributed by atoms with E-state index >= 15 is 0 Å². The maximum atomic E-state index is 11.4. The van der Waals surface area contributed by atoms with Crippen molar-refractivity contribution < 1.29 is 9.53 Å². The van der Waals surface area contributed by atoms with Crippen LogP contribution >= 0.6 is 0 Å². The molecule has 0 saturated carbocycles. The summed E-state index contributed by atoms with van der Waals surface area (Å²) in [5.74, 6) is -0.254. The fraction of sp³-hybridized carbons (Fsp3) is 0.357. The highest BCUT2D eigenvalue weighted by atomic mass is 16.5. The molecule has 1 heterocycles. The molecule has 4 heteroatoms. The van der Waals surface area contributed by atoms with E-state index in [1.165, 1.54) is 0 Å². The van der Waals surface area contributed by atoms with E-state index in [-0.39, 0.29) is 18.4 Å². The Labute approximate surface area is 106 Å². The summed E-state index contributed by atoms with van der Waals surface area (Å²) in [5, 5.41) is 1.13. The topological polar surface area (TPSA) is 57.2 Å². The summed E-state index contributed by atoms with van der Waals surface area (Å²) in [6.07, 6.45) is 0.206. The molecule has 2 N–H and O–H groups in total. The van der Waals surface area contributed by atoms with Crippen LogP contribution < -0.4 is 5.73 Å². The van der Waals surface area contributed by atoms with E-state index in [2.05, 4.69) is 0 Å². The molecule has 0 aliphatic rings. The number of nitrogens with two attached hydrogens (primary N) is 1. The van der Waals surface area contributed by atoms with Gasteiger partial charge in [-0.05, 0) is 24.4 Å². The third kappa shape index (κ3) is 2.38. The molecule has 0 bridgehead atoms. The van der Waals surface area contributed by atoms with Gasteiger partial charge in [0.1, 0.15) is 0 Å². The number of hydrogen-bond donors (Lipinski definition) is 1. The minimum Gasteiger partial charge on any atom is -0.466 e. The molecule has 2 aromatic rings. The van der Waals surface area contributed by atoms with Gasteiger partial charge in [0.05, 0.1) is 19.1 Å². The lowest BCUT2D eigenvalue weighted by Gasteiger charge is -2.12. The summed E-state index contributed by atoms with van der Waals surface area (Å²) < 4.78 is 6.95. The van der Waals surface area contributed by atoms with Gasteiger partial charge in [-0.15, -0.1) is 0 Å². The Kier molecular flexibility index (Phi) is 3.67. The number of nitrogens with zero attached hydrogens (tertiary/aromatic N) is 1. The van der Waals surface area contributed by atoms with Crippen LogP contribution in [-0.4, -0.2) is 17.1 Å². The molecule has 0 amide bonds. The van der Waals surface area contributed by atoms with Gasteiger partial charge in [0.25, 0.3) is 0 Å². The monoisotopic (exact) mass is 246 g/mol. The number of para-hydroxylation sites is 1. The van der Waals surface area contributed by atoms with E-state index < -0.39 is 0 Å². The van der Waals surface area contributed by atoms with Crippen molar-refractivity contribution in [3.63, 3.8) is 0 Å². The number of ether oxygens (including phenoxy) is 1. The van der Waals surface area contributed by atoms with Gasteiger partial charge in [0.2, 0.25) is 0 Å². The van der Waals surface area contributed by atoms with Crippen LogP contribution in [0, 0.1) is 0 Å². The van der Waals surface area contributed by atoms with Crippen LogP contribution in [0.3, 0.4) is 0 Å². The predicted octanol–water partition coefficient (Wildman–Crippen LogP) is 2.13. The Morgan fingerprint density at radius 2 is 2.17 bits per heavy atom. The first-order chi connectivity index (χ1) is 8.63. The van der Waals surface area contributed by atoms with Crippen LogP contribution in [0.15, 0.2) is 30.3 Å². The van der Waals surface area contributed by atoms with Crippen molar-refractivity contribution in [2.24, 2.45) is 12.8 Å². The van der Waals surface area contributed by atoms with E-state index in [4.69, 9.17) is 10.5 Å². The van der Waals surface area contributed by atoms with Crippen molar-refractivity contribution >= 4 is 16.9 Å². The number of rotatable bonds is 4. The molecule has 0 saturated heterocycles. The molecular formula is C14H18N2O2. The smallest absolute Gasteiger partial charge is 0.307 e. The van der Waals surface area contributed by atoms with Crippen molar-refractivity contribution in [2.75, 3.05) is 6.61 Å². The lowest BCUT2D eigenvalue weighted by Crippen LogP contribution is -2.19. The van der Waals surface area contributed by atoms with E-state index in [0.29, 0.717) is 6.61 Å². The van der Waals surface area contributed by atoms with E-state index in [9.17, 15) is 4.79 Å². The lowest BCUT2D eigenvalue weighted by molar-refractivity contribution is -0.143. The maximum Gasteiger partial charge on any atom is 0.307 e. The number of esters is 1. The van der Waals surface area contributed by atoms with E-state index in [0.717, 1.165) is 16.6 Å². The third-order valence-corrected chi connectivity index (χ3v) is 3.06. The lowest BCUT2D eigenvalue weighted by atomic mass is 10.1. The first-order valence-electron chi connectivity index (χ1n) is 6.09. The molecule has 1 aromatic carbocycles. The van der Waals surface area contributed by atoms with Crippen molar-refractivity contribution in [1.29, 1.82) is 0 Å². The Morgan fingerprint density at radius 3 is 2.83 bits per heavy atom. The summed E-state index contributed by atoms with van der Waals surface area (Å²) >= 11 is 0. The van der Waals surface area contributed by atoms with E-state index in [1.54, 1.807) is 6.92 Å². The number of aryl methyl sites for hydroxylation is 1. The van der Waals surface area contributed by atoms with Crippen LogP contribution in [0.4, 0.5) is 0 Å². The van der Waals surface area contributed by atoms with Crippen molar-refractivity contribution in [2.45, 2.75) is 19.4 Å². The molecular weight excluding hydrogens is 228 g/mol. The second-order valence-electron chi connectivity index (χ2n) is 4.30. The molecule has 2 rings (SSSR count). The zero-order valence-electron chi connectivity index (χ0n) is 10.7. The highest BCUT2D eigenvalue weighted by molar-refractivity contribution is 5.81. The van der Waals surface area contributed by atoms with Crippen LogP contribution in [-0.2, 0) is 16.6 Å². The van der Waals surface area contributed by atoms with Gasteiger partial charge < -0.3 is 15.0 Å². The molecule has 1 atom stereocenters. The molecule has 0 spiro atoms. The van der Waals surface area contributed by atoms with Gasteiger partial charge in [-0.25, -0.2) is 0 Å². The Hall–Kier alpha value is -1.81. The average molecular weight is 246 g/mol. The first-order valence-corrected chi connectivity index (χ1v) is 6.09. The number of carbonyl (C=O) groups excluding carboxylic acids is 1. The summed E-state index contributed by atoms with van der Waals surface area (Å²) in [6, 6.07) is 9.75. The molecule has 1 unspecified atom stereocenters. The standard InChI is InChI=1S/C14H18N2O2/c1-3-18-14(17)9-11(15)13-8-10-6-4-5-7-12(10)16(13)2/h4-8,11H,3,9,15H2,1-2H3. The van der Waals surface area contributed by atoms with Gasteiger partial charge in [0.15, 0.2) is 0 Å². The van der Waals surface area contributed by atoms with Crippen molar-refractivity contribution in [1.82, 2.24) is 4.57 Å². The molecule has 18 heavy (non-hydrogen) atoms. The minimum absolute atomic E-state index is 0.206. The van der Waals surface area contributed by atoms with Gasteiger partial charge in [0, 0.05) is 18.3 Å². The molecule has 0 radical (unpaired) electrons. The zero-order valence-corrected chi connectivity index (χ0v) is 10.7. The van der Waals surface area contributed by atoms with Gasteiger partial charge in [-0.2, -0.15) is 0 Å². The average Bonchev–Trinajstić information content (AvgIpc) is 2.68. The summed E-state index contributed by atoms with van der Waals surface area (Å²) in [7, 11) is 1.96. The molecule has 0 aliphatic carbocycles.